The van der Waals surface area contributed by atoms with Gasteiger partial charge in [-0.15, -0.1) is 0 Å². The highest BCUT2D eigenvalue weighted by molar-refractivity contribution is 5.85. The Labute approximate surface area is 103 Å². The van der Waals surface area contributed by atoms with Crippen molar-refractivity contribution in [2.45, 2.75) is 40.2 Å². The lowest BCUT2D eigenvalue weighted by Gasteiger charge is -2.26. The minimum Gasteiger partial charge on any atom is -0.465 e. The van der Waals surface area contributed by atoms with Gasteiger partial charge in [-0.1, -0.05) is 20.8 Å². The molecule has 0 aromatic carbocycles. The average Bonchev–Trinajstić information content (AvgIpc) is 2.25. The lowest BCUT2D eigenvalue weighted by molar-refractivity contribution is -0.149. The van der Waals surface area contributed by atoms with Crippen LogP contribution >= 0.6 is 0 Å². The molecule has 0 heterocycles. The fraction of sp³-hybridized carbons (Fsp3) is 0.833. The summed E-state index contributed by atoms with van der Waals surface area (Å²) in [5, 5.41) is 0. The van der Waals surface area contributed by atoms with Gasteiger partial charge in [0.1, 0.15) is 6.54 Å². The van der Waals surface area contributed by atoms with E-state index in [4.69, 9.17) is 10.5 Å². The number of hydrogen-bond donors (Lipinski definition) is 1. The van der Waals surface area contributed by atoms with Gasteiger partial charge in [-0.3, -0.25) is 9.59 Å². The van der Waals surface area contributed by atoms with E-state index in [0.29, 0.717) is 19.6 Å². The Morgan fingerprint density at radius 1 is 1.29 bits per heavy atom. The molecule has 0 aliphatic rings. The number of nitrogens with zero attached hydrogens (tertiary/aromatic N) is 1. The summed E-state index contributed by atoms with van der Waals surface area (Å²) in [5.41, 5.74) is 5.70. The second kappa shape index (κ2) is 8.06. The van der Waals surface area contributed by atoms with Crippen LogP contribution in [0, 0.1) is 5.92 Å². The van der Waals surface area contributed by atoms with Gasteiger partial charge in [-0.25, -0.2) is 0 Å². The van der Waals surface area contributed by atoms with E-state index in [1.165, 1.54) is 4.90 Å². The maximum absolute atomic E-state index is 11.9. The molecule has 100 valence electrons. The molecule has 5 nitrogen and oxygen atoms in total. The third-order valence-corrected chi connectivity index (χ3v) is 2.28. The molecule has 0 fully saturated rings. The minimum absolute atomic E-state index is 0.0153. The molecule has 0 saturated carbocycles. The first-order valence-corrected chi connectivity index (χ1v) is 6.12. The molecular formula is C12H24N2O3. The van der Waals surface area contributed by atoms with Gasteiger partial charge < -0.3 is 15.4 Å². The Hall–Kier alpha value is -1.10. The van der Waals surface area contributed by atoms with Gasteiger partial charge in [0, 0.05) is 6.54 Å². The first kappa shape index (κ1) is 15.9. The smallest absolute Gasteiger partial charge is 0.325 e. The second-order valence-electron chi connectivity index (χ2n) is 4.43. The number of carbonyl (C=O) groups excluding carboxylic acids is 2. The maximum atomic E-state index is 11.9. The molecule has 17 heavy (non-hydrogen) atoms. The molecule has 0 unspecified atom stereocenters. The molecule has 1 amide bonds. The van der Waals surface area contributed by atoms with E-state index in [1.54, 1.807) is 6.92 Å². The number of esters is 1. The topological polar surface area (TPSA) is 72.6 Å². The zero-order valence-electron chi connectivity index (χ0n) is 11.2. The van der Waals surface area contributed by atoms with Crippen molar-refractivity contribution < 1.29 is 14.3 Å². The number of nitrogens with two attached hydrogens (primary N) is 1. The minimum atomic E-state index is -0.539. The highest BCUT2D eigenvalue weighted by atomic mass is 16.5. The largest absolute Gasteiger partial charge is 0.465 e. The quantitative estimate of drug-likeness (QED) is 0.671. The molecule has 2 N–H and O–H groups in total. The second-order valence-corrected chi connectivity index (χ2v) is 4.43. The van der Waals surface area contributed by atoms with Crippen LogP contribution in [0.3, 0.4) is 0 Å². The third-order valence-electron chi connectivity index (χ3n) is 2.28. The molecule has 0 saturated heterocycles. The first-order valence-electron chi connectivity index (χ1n) is 6.12. The van der Waals surface area contributed by atoms with E-state index in [9.17, 15) is 9.59 Å². The van der Waals surface area contributed by atoms with E-state index < -0.39 is 6.04 Å². The van der Waals surface area contributed by atoms with E-state index in [2.05, 4.69) is 0 Å². The highest BCUT2D eigenvalue weighted by Crippen LogP contribution is 2.03. The number of amides is 1. The molecule has 5 heteroatoms. The number of ether oxygens (including phenoxy) is 1. The molecule has 0 bridgehead atoms. The Kier molecular flexibility index (Phi) is 7.54. The summed E-state index contributed by atoms with van der Waals surface area (Å²) in [6.07, 6.45) is 0.566. The van der Waals surface area contributed by atoms with Crippen molar-refractivity contribution in [3.63, 3.8) is 0 Å². The molecule has 0 rings (SSSR count). The Morgan fingerprint density at radius 3 is 2.29 bits per heavy atom. The van der Waals surface area contributed by atoms with Crippen LogP contribution in [0.15, 0.2) is 0 Å². The molecule has 0 aromatic heterocycles. The molecule has 0 aliphatic carbocycles. The fourth-order valence-corrected chi connectivity index (χ4v) is 1.44. The van der Waals surface area contributed by atoms with Crippen LogP contribution < -0.4 is 5.73 Å². The molecule has 1 atom stereocenters. The van der Waals surface area contributed by atoms with Crippen LogP contribution in [-0.2, 0) is 14.3 Å². The average molecular weight is 244 g/mol. The van der Waals surface area contributed by atoms with Gasteiger partial charge in [0.15, 0.2) is 0 Å². The Bertz CT molecular complexity index is 254. The standard InChI is InChI=1S/C12H24N2O3/c1-5-10(13)12(16)14(7-9(3)4)8-11(15)17-6-2/h9-10H,5-8,13H2,1-4H3/t10-/m1/s1. The molecule has 0 radical (unpaired) electrons. The van der Waals surface area contributed by atoms with Crippen molar-refractivity contribution in [3.8, 4) is 0 Å². The van der Waals surface area contributed by atoms with Gasteiger partial charge in [-0.05, 0) is 19.3 Å². The highest BCUT2D eigenvalue weighted by Gasteiger charge is 2.22. The van der Waals surface area contributed by atoms with Crippen LogP contribution in [0.2, 0.25) is 0 Å². The summed E-state index contributed by atoms with van der Waals surface area (Å²) in [4.78, 5) is 24.8. The van der Waals surface area contributed by atoms with Crippen molar-refractivity contribution in [2.24, 2.45) is 11.7 Å². The first-order chi connectivity index (χ1) is 7.92. The van der Waals surface area contributed by atoms with Gasteiger partial charge >= 0.3 is 5.97 Å². The predicted molar refractivity (Wildman–Crippen MR) is 66.3 cm³/mol. The Balaban J connectivity index is 4.52. The summed E-state index contributed by atoms with van der Waals surface area (Å²) in [6, 6.07) is -0.539. The predicted octanol–water partition coefficient (Wildman–Crippen LogP) is 0.771. The van der Waals surface area contributed by atoms with Gasteiger partial charge in [0.2, 0.25) is 5.91 Å². The monoisotopic (exact) mass is 244 g/mol. The zero-order chi connectivity index (χ0) is 13.4. The lowest BCUT2D eigenvalue weighted by Crippen LogP contribution is -2.47. The third kappa shape index (κ3) is 6.26. The number of carbonyl (C=O) groups is 2. The van der Waals surface area contributed by atoms with Crippen LogP contribution in [0.4, 0.5) is 0 Å². The summed E-state index contributed by atoms with van der Waals surface area (Å²) in [5.74, 6) is -0.281. The van der Waals surface area contributed by atoms with E-state index >= 15 is 0 Å². The van der Waals surface area contributed by atoms with Crippen LogP contribution in [0.5, 0.6) is 0 Å². The van der Waals surface area contributed by atoms with E-state index in [1.807, 2.05) is 20.8 Å². The number of rotatable bonds is 7. The van der Waals surface area contributed by atoms with Crippen molar-refractivity contribution in [1.29, 1.82) is 0 Å². The molecular weight excluding hydrogens is 220 g/mol. The van der Waals surface area contributed by atoms with Crippen LogP contribution in [-0.4, -0.2) is 42.5 Å². The molecule has 0 spiro atoms. The van der Waals surface area contributed by atoms with Crippen molar-refractivity contribution >= 4 is 11.9 Å². The van der Waals surface area contributed by atoms with Crippen molar-refractivity contribution in [2.75, 3.05) is 19.7 Å². The fourth-order valence-electron chi connectivity index (χ4n) is 1.44. The van der Waals surface area contributed by atoms with E-state index in [0.717, 1.165) is 0 Å². The van der Waals surface area contributed by atoms with Gasteiger partial charge in [0.05, 0.1) is 12.6 Å². The van der Waals surface area contributed by atoms with Crippen molar-refractivity contribution in [3.05, 3.63) is 0 Å². The van der Waals surface area contributed by atoms with Crippen molar-refractivity contribution in [1.82, 2.24) is 4.90 Å². The lowest BCUT2D eigenvalue weighted by atomic mass is 10.1. The van der Waals surface area contributed by atoms with Gasteiger partial charge in [0.25, 0.3) is 0 Å². The summed E-state index contributed by atoms with van der Waals surface area (Å²) in [6.45, 7) is 8.39. The summed E-state index contributed by atoms with van der Waals surface area (Å²) < 4.78 is 4.84. The van der Waals surface area contributed by atoms with Crippen LogP contribution in [0.25, 0.3) is 0 Å². The SMILES string of the molecule is CCOC(=O)CN(CC(C)C)C(=O)[C@H](N)CC. The Morgan fingerprint density at radius 2 is 1.88 bits per heavy atom. The molecule has 0 aromatic rings. The summed E-state index contributed by atoms with van der Waals surface area (Å²) >= 11 is 0. The molecule has 0 aliphatic heterocycles. The maximum Gasteiger partial charge on any atom is 0.325 e. The normalized spacial score (nSPS) is 12.4. The van der Waals surface area contributed by atoms with Gasteiger partial charge in [-0.2, -0.15) is 0 Å². The number of hydrogen-bond acceptors (Lipinski definition) is 4. The summed E-state index contributed by atoms with van der Waals surface area (Å²) in [7, 11) is 0. The van der Waals surface area contributed by atoms with E-state index in [-0.39, 0.29) is 24.3 Å². The van der Waals surface area contributed by atoms with Crippen LogP contribution in [0.1, 0.15) is 34.1 Å². The zero-order valence-corrected chi connectivity index (χ0v) is 11.2.